The number of rotatable bonds is 2. The van der Waals surface area contributed by atoms with Crippen LogP contribution in [0.2, 0.25) is 5.02 Å². The van der Waals surface area contributed by atoms with Crippen molar-refractivity contribution in [2.45, 2.75) is 26.7 Å². The van der Waals surface area contributed by atoms with Crippen molar-refractivity contribution in [2.75, 3.05) is 0 Å². The van der Waals surface area contributed by atoms with Gasteiger partial charge in [-0.2, -0.15) is 0 Å². The van der Waals surface area contributed by atoms with E-state index in [9.17, 15) is 8.78 Å². The predicted molar refractivity (Wildman–Crippen MR) is 75.9 cm³/mol. The Balaban J connectivity index is 2.56. The van der Waals surface area contributed by atoms with Gasteiger partial charge in [0.25, 0.3) is 5.92 Å². The molecule has 19 heavy (non-hydrogen) atoms. The summed E-state index contributed by atoms with van der Waals surface area (Å²) in [6.07, 6.45) is 0. The Morgan fingerprint density at radius 1 is 0.895 bits per heavy atom. The zero-order valence-corrected chi connectivity index (χ0v) is 11.9. The molecule has 0 bridgehead atoms. The normalized spacial score (nSPS) is 11.7. The zero-order valence-electron chi connectivity index (χ0n) is 11.1. The number of halogens is 3. The van der Waals surface area contributed by atoms with Crippen molar-refractivity contribution in [3.05, 3.63) is 58.1 Å². The molecule has 0 radical (unpaired) electrons. The molecular weight excluding hydrogens is 266 g/mol. The third kappa shape index (κ3) is 3.13. The summed E-state index contributed by atoms with van der Waals surface area (Å²) < 4.78 is 26.8. The van der Waals surface area contributed by atoms with Crippen molar-refractivity contribution in [3.63, 3.8) is 0 Å². The van der Waals surface area contributed by atoms with Gasteiger partial charge in [0.1, 0.15) is 0 Å². The van der Waals surface area contributed by atoms with E-state index in [-0.39, 0.29) is 5.56 Å². The fourth-order valence-electron chi connectivity index (χ4n) is 1.93. The lowest BCUT2D eigenvalue weighted by molar-refractivity contribution is 0.0175. The lowest BCUT2D eigenvalue weighted by Crippen LogP contribution is -2.06. The highest BCUT2D eigenvalue weighted by molar-refractivity contribution is 6.31. The molecule has 0 saturated carbocycles. The fraction of sp³-hybridized carbons (Fsp3) is 0.250. The van der Waals surface area contributed by atoms with Crippen molar-refractivity contribution >= 4 is 11.6 Å². The second-order valence-corrected chi connectivity index (χ2v) is 5.35. The fourth-order valence-corrected chi connectivity index (χ4v) is 2.17. The third-order valence-electron chi connectivity index (χ3n) is 3.24. The van der Waals surface area contributed by atoms with Crippen LogP contribution in [-0.4, -0.2) is 0 Å². The topological polar surface area (TPSA) is 0 Å². The SMILES string of the molecule is Cc1ccc(-c2cc(Cl)cc(C(C)(F)F)c2)cc1C. The van der Waals surface area contributed by atoms with Crippen LogP contribution in [0, 0.1) is 13.8 Å². The molecule has 0 aliphatic carbocycles. The van der Waals surface area contributed by atoms with Gasteiger partial charge in [0.05, 0.1) is 0 Å². The molecule has 0 nitrogen and oxygen atoms in total. The third-order valence-corrected chi connectivity index (χ3v) is 3.46. The van der Waals surface area contributed by atoms with Gasteiger partial charge in [-0.3, -0.25) is 0 Å². The maximum absolute atomic E-state index is 13.4. The first kappa shape index (κ1) is 14.0. The molecule has 2 rings (SSSR count). The van der Waals surface area contributed by atoms with Crippen LogP contribution in [0.4, 0.5) is 8.78 Å². The van der Waals surface area contributed by atoms with Crippen molar-refractivity contribution in [3.8, 4) is 11.1 Å². The van der Waals surface area contributed by atoms with Crippen molar-refractivity contribution in [1.29, 1.82) is 0 Å². The summed E-state index contributed by atoms with van der Waals surface area (Å²) in [6.45, 7) is 4.89. The van der Waals surface area contributed by atoms with Crippen LogP contribution in [0.25, 0.3) is 11.1 Å². The molecule has 0 heterocycles. The Hall–Kier alpha value is -1.41. The van der Waals surface area contributed by atoms with Gasteiger partial charge < -0.3 is 0 Å². The highest BCUT2D eigenvalue weighted by atomic mass is 35.5. The lowest BCUT2D eigenvalue weighted by atomic mass is 9.98. The molecule has 3 heteroatoms. The zero-order chi connectivity index (χ0) is 14.2. The first-order valence-electron chi connectivity index (χ1n) is 6.04. The number of benzene rings is 2. The van der Waals surface area contributed by atoms with Gasteiger partial charge in [-0.05, 0) is 54.3 Å². The van der Waals surface area contributed by atoms with E-state index in [1.807, 2.05) is 32.0 Å². The summed E-state index contributed by atoms with van der Waals surface area (Å²) in [5, 5.41) is 0.326. The average Bonchev–Trinajstić information content (AvgIpc) is 2.31. The van der Waals surface area contributed by atoms with Crippen LogP contribution in [0.1, 0.15) is 23.6 Å². The Labute approximate surface area is 117 Å². The number of alkyl halides is 2. The minimum absolute atomic E-state index is 0.0618. The van der Waals surface area contributed by atoms with Crippen LogP contribution in [0.3, 0.4) is 0 Å². The maximum Gasteiger partial charge on any atom is 0.270 e. The number of hydrogen-bond donors (Lipinski definition) is 0. The summed E-state index contributed by atoms with van der Waals surface area (Å²) in [5.41, 5.74) is 3.85. The molecule has 0 aromatic heterocycles. The molecule has 0 saturated heterocycles. The molecule has 0 unspecified atom stereocenters. The molecule has 0 aliphatic rings. The minimum atomic E-state index is -2.89. The van der Waals surface area contributed by atoms with Crippen LogP contribution >= 0.6 is 11.6 Å². The summed E-state index contributed by atoms with van der Waals surface area (Å²) in [4.78, 5) is 0. The van der Waals surface area contributed by atoms with E-state index in [1.165, 1.54) is 17.7 Å². The molecule has 0 aliphatic heterocycles. The smallest absolute Gasteiger partial charge is 0.202 e. The molecule has 0 amide bonds. The monoisotopic (exact) mass is 280 g/mol. The molecule has 2 aromatic carbocycles. The van der Waals surface area contributed by atoms with Crippen molar-refractivity contribution in [2.24, 2.45) is 0 Å². The second kappa shape index (κ2) is 4.93. The quantitative estimate of drug-likeness (QED) is 0.658. The molecular formula is C16H15ClF2. The van der Waals surface area contributed by atoms with Gasteiger partial charge in [0.2, 0.25) is 0 Å². The average molecular weight is 281 g/mol. The van der Waals surface area contributed by atoms with E-state index in [0.29, 0.717) is 10.6 Å². The summed E-state index contributed by atoms with van der Waals surface area (Å²) >= 11 is 5.94. The molecule has 100 valence electrons. The van der Waals surface area contributed by atoms with Crippen molar-refractivity contribution in [1.82, 2.24) is 0 Å². The molecule has 2 aromatic rings. The van der Waals surface area contributed by atoms with Crippen LogP contribution < -0.4 is 0 Å². The molecule has 0 spiro atoms. The Morgan fingerprint density at radius 3 is 2.16 bits per heavy atom. The Morgan fingerprint density at radius 2 is 1.58 bits per heavy atom. The van der Waals surface area contributed by atoms with E-state index >= 15 is 0 Å². The van der Waals surface area contributed by atoms with Gasteiger partial charge in [-0.1, -0.05) is 29.8 Å². The highest BCUT2D eigenvalue weighted by Crippen LogP contribution is 2.33. The van der Waals surface area contributed by atoms with Gasteiger partial charge >= 0.3 is 0 Å². The number of aryl methyl sites for hydroxylation is 2. The highest BCUT2D eigenvalue weighted by Gasteiger charge is 2.25. The van der Waals surface area contributed by atoms with E-state index in [1.54, 1.807) is 6.07 Å². The van der Waals surface area contributed by atoms with Gasteiger partial charge in [0.15, 0.2) is 0 Å². The van der Waals surface area contributed by atoms with Crippen molar-refractivity contribution < 1.29 is 8.78 Å². The van der Waals surface area contributed by atoms with E-state index in [2.05, 4.69) is 0 Å². The minimum Gasteiger partial charge on any atom is -0.202 e. The van der Waals surface area contributed by atoms with Gasteiger partial charge in [0, 0.05) is 17.5 Å². The largest absolute Gasteiger partial charge is 0.270 e. The first-order chi connectivity index (χ1) is 8.77. The lowest BCUT2D eigenvalue weighted by Gasteiger charge is -2.13. The van der Waals surface area contributed by atoms with E-state index < -0.39 is 5.92 Å². The van der Waals surface area contributed by atoms with Crippen LogP contribution in [-0.2, 0) is 5.92 Å². The Bertz CT molecular complexity index is 613. The number of hydrogen-bond acceptors (Lipinski definition) is 0. The standard InChI is InChI=1S/C16H15ClF2/c1-10-4-5-12(6-11(10)2)13-7-14(16(3,18)19)9-15(17)8-13/h4-9H,1-3H3. The maximum atomic E-state index is 13.4. The summed E-state index contributed by atoms with van der Waals surface area (Å²) in [5.74, 6) is -2.89. The molecule has 0 fully saturated rings. The molecule has 0 N–H and O–H groups in total. The summed E-state index contributed by atoms with van der Waals surface area (Å²) in [7, 11) is 0. The summed E-state index contributed by atoms with van der Waals surface area (Å²) in [6, 6.07) is 10.4. The second-order valence-electron chi connectivity index (χ2n) is 4.92. The predicted octanol–water partition coefficient (Wildman–Crippen LogP) is 5.74. The van der Waals surface area contributed by atoms with Crippen LogP contribution in [0.15, 0.2) is 36.4 Å². The van der Waals surface area contributed by atoms with E-state index in [4.69, 9.17) is 11.6 Å². The van der Waals surface area contributed by atoms with Crippen LogP contribution in [0.5, 0.6) is 0 Å². The van der Waals surface area contributed by atoms with Gasteiger partial charge in [-0.15, -0.1) is 0 Å². The van der Waals surface area contributed by atoms with E-state index in [0.717, 1.165) is 18.1 Å². The molecule has 0 atom stereocenters. The first-order valence-corrected chi connectivity index (χ1v) is 6.41. The Kier molecular flexibility index (Phi) is 3.64. The van der Waals surface area contributed by atoms with Gasteiger partial charge in [-0.25, -0.2) is 8.78 Å².